The molecule has 1 saturated heterocycles. The van der Waals surface area contributed by atoms with Crippen LogP contribution >= 0.6 is 0 Å². The van der Waals surface area contributed by atoms with E-state index < -0.39 is 0 Å². The molecule has 0 unspecified atom stereocenters. The zero-order chi connectivity index (χ0) is 24.5. The lowest BCUT2D eigenvalue weighted by Gasteiger charge is -2.23. The first-order valence-electron chi connectivity index (χ1n) is 12.1. The summed E-state index contributed by atoms with van der Waals surface area (Å²) in [5.41, 5.74) is 4.14. The molecule has 1 amide bonds. The predicted octanol–water partition coefficient (Wildman–Crippen LogP) is 3.66. The van der Waals surface area contributed by atoms with Gasteiger partial charge in [-0.15, -0.1) is 0 Å². The molecule has 3 aromatic rings. The van der Waals surface area contributed by atoms with Crippen LogP contribution in [0.3, 0.4) is 0 Å². The highest BCUT2D eigenvalue weighted by atomic mass is 16.5. The highest BCUT2D eigenvalue weighted by Crippen LogP contribution is 2.22. The van der Waals surface area contributed by atoms with Crippen molar-refractivity contribution in [2.24, 2.45) is 0 Å². The van der Waals surface area contributed by atoms with Crippen molar-refractivity contribution < 1.29 is 9.53 Å². The van der Waals surface area contributed by atoms with E-state index in [0.29, 0.717) is 18.7 Å². The Balaban J connectivity index is 1.38. The molecule has 3 aromatic carbocycles. The topological polar surface area (TPSA) is 77.4 Å². The van der Waals surface area contributed by atoms with Gasteiger partial charge in [-0.25, -0.2) is 0 Å². The Kier molecular flexibility index (Phi) is 8.50. The molecule has 6 nitrogen and oxygen atoms in total. The second kappa shape index (κ2) is 12.2. The van der Waals surface area contributed by atoms with Crippen molar-refractivity contribution in [3.8, 4) is 11.8 Å². The first-order chi connectivity index (χ1) is 17.1. The van der Waals surface area contributed by atoms with Crippen LogP contribution < -0.4 is 15.4 Å². The Morgan fingerprint density at radius 3 is 2.40 bits per heavy atom. The highest BCUT2D eigenvalue weighted by molar-refractivity contribution is 5.82. The Morgan fingerprint density at radius 1 is 1.00 bits per heavy atom. The van der Waals surface area contributed by atoms with Crippen molar-refractivity contribution in [3.63, 3.8) is 0 Å². The number of nitrogens with zero attached hydrogens (tertiary/aromatic N) is 2. The molecule has 0 aromatic heterocycles. The summed E-state index contributed by atoms with van der Waals surface area (Å²) in [5.74, 6) is 0.916. The number of likely N-dealkylation sites (tertiary alicyclic amines) is 1. The summed E-state index contributed by atoms with van der Waals surface area (Å²) in [6.45, 7) is 2.81. The molecule has 4 rings (SSSR count). The summed E-state index contributed by atoms with van der Waals surface area (Å²) in [4.78, 5) is 15.4. The van der Waals surface area contributed by atoms with Crippen LogP contribution in [0.2, 0.25) is 0 Å². The van der Waals surface area contributed by atoms with E-state index in [0.717, 1.165) is 37.2 Å². The molecular weight excluding hydrogens is 436 g/mol. The zero-order valence-corrected chi connectivity index (χ0v) is 20.1. The maximum absolute atomic E-state index is 13.2. The van der Waals surface area contributed by atoms with Crippen molar-refractivity contribution in [1.82, 2.24) is 15.5 Å². The molecular formula is C29H32N4O2. The van der Waals surface area contributed by atoms with Gasteiger partial charge in [-0.05, 0) is 53.8 Å². The van der Waals surface area contributed by atoms with Crippen LogP contribution in [-0.4, -0.2) is 43.1 Å². The van der Waals surface area contributed by atoms with E-state index in [9.17, 15) is 4.79 Å². The van der Waals surface area contributed by atoms with Gasteiger partial charge in [-0.1, -0.05) is 54.6 Å². The maximum Gasteiger partial charge on any atom is 0.237 e. The normalized spacial score (nSPS) is 17.6. The Hall–Kier alpha value is -3.66. The van der Waals surface area contributed by atoms with Gasteiger partial charge in [0.1, 0.15) is 5.75 Å². The molecule has 0 aliphatic carbocycles. The molecule has 6 heteroatoms. The van der Waals surface area contributed by atoms with Gasteiger partial charge >= 0.3 is 0 Å². The minimum absolute atomic E-state index is 0.0725. The van der Waals surface area contributed by atoms with Crippen molar-refractivity contribution in [2.75, 3.05) is 20.2 Å². The van der Waals surface area contributed by atoms with Crippen LogP contribution in [-0.2, 0) is 24.3 Å². The average Bonchev–Trinajstić information content (AvgIpc) is 3.31. The molecule has 180 valence electrons. The summed E-state index contributed by atoms with van der Waals surface area (Å²) >= 11 is 0. The fraction of sp³-hybridized carbons (Fsp3) is 0.310. The van der Waals surface area contributed by atoms with Gasteiger partial charge in [0.2, 0.25) is 5.91 Å². The molecule has 1 aliphatic heterocycles. The third-order valence-electron chi connectivity index (χ3n) is 6.48. The Labute approximate surface area is 207 Å². The minimum atomic E-state index is -0.199. The number of hydrogen-bond acceptors (Lipinski definition) is 5. The Morgan fingerprint density at radius 2 is 1.71 bits per heavy atom. The van der Waals surface area contributed by atoms with Crippen molar-refractivity contribution in [2.45, 2.75) is 38.0 Å². The summed E-state index contributed by atoms with van der Waals surface area (Å²) in [7, 11) is 1.67. The second-order valence-corrected chi connectivity index (χ2v) is 8.94. The van der Waals surface area contributed by atoms with E-state index >= 15 is 0 Å². The predicted molar refractivity (Wildman–Crippen MR) is 137 cm³/mol. The van der Waals surface area contributed by atoms with E-state index in [1.165, 1.54) is 11.1 Å². The Bertz CT molecular complexity index is 1120. The van der Waals surface area contributed by atoms with E-state index in [1.807, 2.05) is 54.6 Å². The van der Waals surface area contributed by atoms with Crippen LogP contribution in [0.4, 0.5) is 0 Å². The number of rotatable bonds is 10. The molecule has 0 radical (unpaired) electrons. The quantitative estimate of drug-likeness (QED) is 0.475. The first kappa shape index (κ1) is 24.5. The van der Waals surface area contributed by atoms with Crippen molar-refractivity contribution in [3.05, 3.63) is 101 Å². The SMILES string of the molecule is COc1ccc(CN[C@H]2C[C@@H](C(=O)NCCc3ccccc3)N(Cc3ccc(C#N)cc3)C2)cc1. The van der Waals surface area contributed by atoms with Gasteiger partial charge < -0.3 is 15.4 Å². The van der Waals surface area contributed by atoms with Crippen LogP contribution in [0.5, 0.6) is 5.75 Å². The average molecular weight is 469 g/mol. The molecule has 1 aliphatic rings. The van der Waals surface area contributed by atoms with Crippen molar-refractivity contribution in [1.29, 1.82) is 5.26 Å². The molecule has 1 heterocycles. The van der Waals surface area contributed by atoms with Gasteiger partial charge in [0.05, 0.1) is 24.8 Å². The van der Waals surface area contributed by atoms with Crippen molar-refractivity contribution >= 4 is 5.91 Å². The van der Waals surface area contributed by atoms with Gasteiger partial charge in [0.25, 0.3) is 0 Å². The van der Waals surface area contributed by atoms with E-state index in [-0.39, 0.29) is 18.0 Å². The van der Waals surface area contributed by atoms with Crippen LogP contribution in [0.15, 0.2) is 78.9 Å². The van der Waals surface area contributed by atoms with E-state index in [2.05, 4.69) is 45.9 Å². The first-order valence-corrected chi connectivity index (χ1v) is 12.1. The standard InChI is InChI=1S/C29H32N4O2/c1-35-27-13-11-24(12-14-27)19-32-26-17-28(29(34)31-16-15-22-5-3-2-4-6-22)33(21-26)20-25-9-7-23(18-30)8-10-25/h2-14,26,28,32H,15-17,19-21H2,1H3,(H,31,34)/t26-,28-/m0/s1. The molecule has 2 N–H and O–H groups in total. The lowest BCUT2D eigenvalue weighted by atomic mass is 10.1. The monoisotopic (exact) mass is 468 g/mol. The van der Waals surface area contributed by atoms with Gasteiger partial charge in [-0.2, -0.15) is 5.26 Å². The van der Waals surface area contributed by atoms with Gasteiger partial charge in [0.15, 0.2) is 0 Å². The lowest BCUT2D eigenvalue weighted by molar-refractivity contribution is -0.125. The number of nitriles is 1. The van der Waals surface area contributed by atoms with Crippen LogP contribution in [0.1, 0.15) is 28.7 Å². The van der Waals surface area contributed by atoms with Crippen LogP contribution in [0.25, 0.3) is 0 Å². The molecule has 2 atom stereocenters. The summed E-state index contributed by atoms with van der Waals surface area (Å²) in [5, 5.41) is 15.9. The number of methoxy groups -OCH3 is 1. The molecule has 0 saturated carbocycles. The highest BCUT2D eigenvalue weighted by Gasteiger charge is 2.36. The summed E-state index contributed by atoms with van der Waals surface area (Å²) < 4.78 is 5.24. The smallest absolute Gasteiger partial charge is 0.237 e. The maximum atomic E-state index is 13.2. The van der Waals surface area contributed by atoms with Gasteiger partial charge in [0, 0.05) is 32.2 Å². The fourth-order valence-corrected chi connectivity index (χ4v) is 4.52. The second-order valence-electron chi connectivity index (χ2n) is 8.94. The largest absolute Gasteiger partial charge is 0.497 e. The molecule has 35 heavy (non-hydrogen) atoms. The third kappa shape index (κ3) is 6.92. The number of carbonyl (C=O) groups is 1. The molecule has 0 bridgehead atoms. The summed E-state index contributed by atoms with van der Waals surface area (Å²) in [6.07, 6.45) is 1.57. The van der Waals surface area contributed by atoms with Gasteiger partial charge in [-0.3, -0.25) is 9.69 Å². The minimum Gasteiger partial charge on any atom is -0.497 e. The number of nitrogens with one attached hydrogen (secondary N) is 2. The number of carbonyl (C=O) groups excluding carboxylic acids is 1. The lowest BCUT2D eigenvalue weighted by Crippen LogP contribution is -2.43. The molecule has 1 fully saturated rings. The molecule has 0 spiro atoms. The zero-order valence-electron chi connectivity index (χ0n) is 20.1. The third-order valence-corrected chi connectivity index (χ3v) is 6.48. The van der Waals surface area contributed by atoms with E-state index in [4.69, 9.17) is 10.00 Å². The number of amides is 1. The number of ether oxygens (including phenoxy) is 1. The number of benzene rings is 3. The summed E-state index contributed by atoms with van der Waals surface area (Å²) in [6, 6.07) is 28.0. The van der Waals surface area contributed by atoms with E-state index in [1.54, 1.807) is 7.11 Å². The number of hydrogen-bond donors (Lipinski definition) is 2. The fourth-order valence-electron chi connectivity index (χ4n) is 4.52. The van der Waals surface area contributed by atoms with Crippen LogP contribution in [0, 0.1) is 11.3 Å².